The first-order chi connectivity index (χ1) is 19.5. The molecule has 3 aromatic carbocycles. The van der Waals surface area contributed by atoms with Gasteiger partial charge in [0.05, 0.1) is 23.9 Å². The van der Waals surface area contributed by atoms with Gasteiger partial charge in [-0.3, -0.25) is 14.7 Å². The second kappa shape index (κ2) is 12.0. The van der Waals surface area contributed by atoms with Crippen LogP contribution in [-0.2, 0) is 0 Å². The molecule has 6 heteroatoms. The van der Waals surface area contributed by atoms with Crippen molar-refractivity contribution < 1.29 is 9.53 Å². The van der Waals surface area contributed by atoms with Crippen LogP contribution in [0.4, 0.5) is 11.4 Å². The summed E-state index contributed by atoms with van der Waals surface area (Å²) in [5.41, 5.74) is 5.28. The number of piperazine rings is 1. The number of aryl methyl sites for hydroxylation is 2. The summed E-state index contributed by atoms with van der Waals surface area (Å²) in [5.74, 6) is 1.04. The maximum Gasteiger partial charge on any atom is 0.256 e. The Morgan fingerprint density at radius 1 is 0.875 bits per heavy atom. The highest BCUT2D eigenvalue weighted by atomic mass is 16.5. The molecular formula is C34H42N4O2. The Morgan fingerprint density at radius 2 is 1.65 bits per heavy atom. The van der Waals surface area contributed by atoms with E-state index in [1.165, 1.54) is 37.1 Å². The van der Waals surface area contributed by atoms with Gasteiger partial charge in [-0.15, -0.1) is 0 Å². The van der Waals surface area contributed by atoms with Gasteiger partial charge in [-0.05, 0) is 98.8 Å². The first-order valence-electron chi connectivity index (χ1n) is 15.2. The number of carbonyl (C=O) groups is 1. The summed E-state index contributed by atoms with van der Waals surface area (Å²) in [4.78, 5) is 24.9. The summed E-state index contributed by atoms with van der Waals surface area (Å²) < 4.78 is 6.22. The molecule has 1 amide bonds. The van der Waals surface area contributed by atoms with Crippen molar-refractivity contribution in [1.29, 1.82) is 0 Å². The molecule has 6 nitrogen and oxygen atoms in total. The smallest absolute Gasteiger partial charge is 0.256 e. The van der Waals surface area contributed by atoms with Gasteiger partial charge in [-0.1, -0.05) is 30.5 Å². The first-order valence-corrected chi connectivity index (χ1v) is 15.2. The minimum Gasteiger partial charge on any atom is -0.493 e. The van der Waals surface area contributed by atoms with Gasteiger partial charge < -0.3 is 14.5 Å². The third-order valence-electron chi connectivity index (χ3n) is 8.82. The number of aliphatic imine (C=N–C) groups is 1. The Balaban J connectivity index is 0.943. The maximum atomic E-state index is 13.1. The fourth-order valence-electron chi connectivity index (χ4n) is 6.34. The Hall–Kier alpha value is -3.38. The largest absolute Gasteiger partial charge is 0.493 e. The molecule has 0 saturated carbocycles. The van der Waals surface area contributed by atoms with E-state index in [-0.39, 0.29) is 11.9 Å². The van der Waals surface area contributed by atoms with Crippen molar-refractivity contribution in [2.45, 2.75) is 58.4 Å². The number of anilines is 1. The van der Waals surface area contributed by atoms with Crippen molar-refractivity contribution in [3.05, 3.63) is 65.2 Å². The zero-order valence-electron chi connectivity index (χ0n) is 24.1. The van der Waals surface area contributed by atoms with Crippen LogP contribution in [0.2, 0.25) is 0 Å². The minimum absolute atomic E-state index is 0.111. The average Bonchev–Trinajstić information content (AvgIpc) is 3.40. The summed E-state index contributed by atoms with van der Waals surface area (Å²) >= 11 is 0. The van der Waals surface area contributed by atoms with E-state index in [4.69, 9.17) is 9.73 Å². The fourth-order valence-corrected chi connectivity index (χ4v) is 6.34. The lowest BCUT2D eigenvalue weighted by Crippen LogP contribution is -2.46. The normalized spacial score (nSPS) is 19.1. The van der Waals surface area contributed by atoms with E-state index in [0.29, 0.717) is 0 Å². The molecule has 1 atom stereocenters. The number of ether oxygens (including phenoxy) is 1. The predicted octanol–water partition coefficient (Wildman–Crippen LogP) is 6.54. The molecule has 2 fully saturated rings. The molecule has 0 aliphatic carbocycles. The summed E-state index contributed by atoms with van der Waals surface area (Å²) in [7, 11) is 0. The monoisotopic (exact) mass is 538 g/mol. The van der Waals surface area contributed by atoms with E-state index >= 15 is 0 Å². The van der Waals surface area contributed by atoms with Crippen molar-refractivity contribution in [2.24, 2.45) is 4.99 Å². The van der Waals surface area contributed by atoms with Crippen LogP contribution < -0.4 is 9.64 Å². The number of amides is 1. The summed E-state index contributed by atoms with van der Waals surface area (Å²) in [6.07, 6.45) is 8.77. The number of unbranched alkanes of at least 4 members (excludes halogenated alkanes) is 3. The molecule has 0 aromatic heterocycles. The van der Waals surface area contributed by atoms with Gasteiger partial charge in [0.2, 0.25) is 0 Å². The average molecular weight is 539 g/mol. The van der Waals surface area contributed by atoms with Crippen molar-refractivity contribution in [2.75, 3.05) is 50.8 Å². The highest BCUT2D eigenvalue weighted by Crippen LogP contribution is 2.35. The van der Waals surface area contributed by atoms with Gasteiger partial charge in [0.1, 0.15) is 5.75 Å². The fraction of sp³-hybridized carbons (Fsp3) is 0.471. The molecule has 40 heavy (non-hydrogen) atoms. The lowest BCUT2D eigenvalue weighted by molar-refractivity contribution is 0.0775. The van der Waals surface area contributed by atoms with Crippen LogP contribution in [0.1, 0.15) is 60.0 Å². The first kappa shape index (κ1) is 26.8. The van der Waals surface area contributed by atoms with Gasteiger partial charge in [0.25, 0.3) is 5.91 Å². The van der Waals surface area contributed by atoms with E-state index in [0.717, 1.165) is 91.9 Å². The summed E-state index contributed by atoms with van der Waals surface area (Å²) in [6, 6.07) is 17.4. The lowest BCUT2D eigenvalue weighted by atomic mass is 10.0. The van der Waals surface area contributed by atoms with Crippen molar-refractivity contribution >= 4 is 34.3 Å². The van der Waals surface area contributed by atoms with Crippen molar-refractivity contribution in [3.8, 4) is 5.75 Å². The Kier molecular flexibility index (Phi) is 8.05. The number of hydrogen-bond acceptors (Lipinski definition) is 5. The minimum atomic E-state index is 0.111. The van der Waals surface area contributed by atoms with Crippen LogP contribution >= 0.6 is 0 Å². The number of rotatable bonds is 9. The highest BCUT2D eigenvalue weighted by molar-refractivity contribution is 6.06. The molecule has 3 aliphatic rings. The summed E-state index contributed by atoms with van der Waals surface area (Å²) in [6.45, 7) is 11.5. The van der Waals surface area contributed by atoms with Crippen molar-refractivity contribution in [1.82, 2.24) is 9.80 Å². The third kappa shape index (κ3) is 5.87. The van der Waals surface area contributed by atoms with Crippen LogP contribution in [0.15, 0.2) is 53.5 Å². The van der Waals surface area contributed by atoms with Crippen LogP contribution in [0.25, 0.3) is 10.8 Å². The zero-order valence-corrected chi connectivity index (χ0v) is 24.1. The molecule has 2 saturated heterocycles. The molecule has 0 radical (unpaired) electrons. The topological polar surface area (TPSA) is 48.4 Å². The second-order valence-corrected chi connectivity index (χ2v) is 11.7. The van der Waals surface area contributed by atoms with E-state index < -0.39 is 0 Å². The number of fused-ring (bicyclic) bond motifs is 3. The molecule has 0 spiro atoms. The molecule has 0 bridgehead atoms. The molecule has 210 valence electrons. The number of benzene rings is 3. The van der Waals surface area contributed by atoms with Gasteiger partial charge in [-0.25, -0.2) is 0 Å². The van der Waals surface area contributed by atoms with E-state index in [1.807, 2.05) is 23.2 Å². The highest BCUT2D eigenvalue weighted by Gasteiger charge is 2.31. The number of hydrogen-bond donors (Lipinski definition) is 0. The SMILES string of the molecule is Cc1ccc(N2CCN(CCCCCCOc3cc4cc5c(cc4cc3C)C(=O)N3CCC[C@H]3C=N5)CC2)cc1. The molecule has 3 aliphatic heterocycles. The Morgan fingerprint density at radius 3 is 2.48 bits per heavy atom. The Bertz CT molecular complexity index is 1370. The zero-order chi connectivity index (χ0) is 27.5. The van der Waals surface area contributed by atoms with Gasteiger partial charge in [-0.2, -0.15) is 0 Å². The van der Waals surface area contributed by atoms with Gasteiger partial charge in [0, 0.05) is 44.6 Å². The molecule has 0 unspecified atom stereocenters. The van der Waals surface area contributed by atoms with Crippen LogP contribution in [0, 0.1) is 13.8 Å². The molecular weight excluding hydrogens is 496 g/mol. The van der Waals surface area contributed by atoms with Crippen molar-refractivity contribution in [3.63, 3.8) is 0 Å². The quantitative estimate of drug-likeness (QED) is 0.290. The van der Waals surface area contributed by atoms with E-state index in [9.17, 15) is 4.79 Å². The van der Waals surface area contributed by atoms with E-state index in [2.05, 4.69) is 60.0 Å². The van der Waals surface area contributed by atoms with E-state index in [1.54, 1.807) is 0 Å². The maximum absolute atomic E-state index is 13.1. The number of nitrogens with zero attached hydrogens (tertiary/aromatic N) is 4. The molecule has 3 aromatic rings. The Labute approximate surface area is 238 Å². The molecule has 0 N–H and O–H groups in total. The van der Waals surface area contributed by atoms with Crippen LogP contribution in [0.5, 0.6) is 5.75 Å². The standard InChI is InChI=1S/C34H42N4O2/c1-25-9-11-29(12-10-25)37-17-15-36(16-18-37)13-5-3-4-6-19-40-33-23-28-22-32-31(21-27(28)20-26(33)2)34(39)38-14-7-8-30(38)24-35-32/h9-12,20-24,30H,3-8,13-19H2,1-2H3/t30-/m0/s1. The van der Waals surface area contributed by atoms with Gasteiger partial charge in [0.15, 0.2) is 0 Å². The predicted molar refractivity (Wildman–Crippen MR) is 165 cm³/mol. The number of carbonyl (C=O) groups excluding carboxylic acids is 1. The third-order valence-corrected chi connectivity index (χ3v) is 8.82. The van der Waals surface area contributed by atoms with Gasteiger partial charge >= 0.3 is 0 Å². The lowest BCUT2D eigenvalue weighted by Gasteiger charge is -2.36. The van der Waals surface area contributed by atoms with Crippen LogP contribution in [0.3, 0.4) is 0 Å². The summed E-state index contributed by atoms with van der Waals surface area (Å²) in [5, 5.41) is 2.15. The molecule has 6 rings (SSSR count). The molecule has 3 heterocycles. The van der Waals surface area contributed by atoms with Crippen LogP contribution in [-0.4, -0.2) is 73.8 Å². The second-order valence-electron chi connectivity index (χ2n) is 11.7.